The standard InChI is InChI=1S/C32H38NOSi/c1-19(2)14-23-17-28(33(6)27-16-21(4)30(18-25(23)27)35(7,8)9)31-22(5)20(3)15-26-24-12-10-11-13-29(24)34-32(26)31/h10-13,15-19H,14H2,1-9H3/q+1/i3D3. The molecule has 0 spiro atoms. The smallest absolute Gasteiger partial charge is 0.217 e. The summed E-state index contributed by atoms with van der Waals surface area (Å²) in [5.41, 5.74) is 8.28. The Morgan fingerprint density at radius 2 is 1.69 bits per heavy atom. The number of rotatable bonds is 4. The molecule has 0 aliphatic heterocycles. The Bertz CT molecular complexity index is 1720. The van der Waals surface area contributed by atoms with Crippen LogP contribution in [0, 0.1) is 26.6 Å². The summed E-state index contributed by atoms with van der Waals surface area (Å²) < 4.78 is 33.7. The summed E-state index contributed by atoms with van der Waals surface area (Å²) in [5.74, 6) is 0.483. The Labute approximate surface area is 214 Å². The lowest BCUT2D eigenvalue weighted by atomic mass is 9.92. The lowest BCUT2D eigenvalue weighted by Crippen LogP contribution is -2.41. The van der Waals surface area contributed by atoms with Crippen LogP contribution >= 0.6 is 0 Å². The van der Waals surface area contributed by atoms with Crippen molar-refractivity contribution >= 4 is 46.1 Å². The molecule has 2 aromatic heterocycles. The van der Waals surface area contributed by atoms with E-state index in [2.05, 4.69) is 70.2 Å². The van der Waals surface area contributed by atoms with Crippen molar-refractivity contribution in [3.05, 3.63) is 70.8 Å². The van der Waals surface area contributed by atoms with E-state index in [1.54, 1.807) is 0 Å². The third-order valence-electron chi connectivity index (χ3n) is 7.34. The lowest BCUT2D eigenvalue weighted by Gasteiger charge is -2.21. The van der Waals surface area contributed by atoms with Crippen LogP contribution in [-0.2, 0) is 13.5 Å². The average molecular weight is 484 g/mol. The molecule has 5 rings (SSSR count). The van der Waals surface area contributed by atoms with Crippen LogP contribution in [0.1, 0.15) is 40.2 Å². The molecule has 5 aromatic rings. The van der Waals surface area contributed by atoms with Gasteiger partial charge in [0.2, 0.25) is 11.2 Å². The molecule has 0 bridgehead atoms. The SMILES string of the molecule is [2H]C([2H])([2H])c1cc2c(oc3ccccc32)c(-c2cc(CC(C)C)c3cc([Si](C)(C)C)c(C)cc3[n+]2C)c1C. The van der Waals surface area contributed by atoms with Crippen LogP contribution in [0.25, 0.3) is 44.1 Å². The van der Waals surface area contributed by atoms with Gasteiger partial charge in [-0.25, -0.2) is 0 Å². The predicted octanol–water partition coefficient (Wildman–Crippen LogP) is 7.90. The molecular weight excluding hydrogens is 442 g/mol. The van der Waals surface area contributed by atoms with Crippen LogP contribution in [0.3, 0.4) is 0 Å². The Morgan fingerprint density at radius 3 is 2.37 bits per heavy atom. The minimum atomic E-state index is -2.23. The van der Waals surface area contributed by atoms with E-state index in [9.17, 15) is 0 Å². The summed E-state index contributed by atoms with van der Waals surface area (Å²) in [4.78, 5) is 0. The van der Waals surface area contributed by atoms with E-state index in [0.717, 1.165) is 45.2 Å². The van der Waals surface area contributed by atoms with E-state index >= 15 is 0 Å². The number of para-hydroxylation sites is 1. The van der Waals surface area contributed by atoms with Gasteiger partial charge in [-0.2, -0.15) is 4.57 Å². The Kier molecular flexibility index (Phi) is 4.84. The maximum atomic E-state index is 8.34. The van der Waals surface area contributed by atoms with Gasteiger partial charge in [-0.15, -0.1) is 0 Å². The van der Waals surface area contributed by atoms with Crippen molar-refractivity contribution < 1.29 is 13.1 Å². The molecule has 0 aliphatic carbocycles. The van der Waals surface area contributed by atoms with E-state index in [1.165, 1.54) is 27.2 Å². The van der Waals surface area contributed by atoms with Crippen LogP contribution in [0.15, 0.2) is 52.9 Å². The Balaban J connectivity index is 1.96. The number of benzene rings is 3. The molecule has 0 radical (unpaired) electrons. The number of pyridine rings is 1. The van der Waals surface area contributed by atoms with Crippen molar-refractivity contribution in [2.75, 3.05) is 0 Å². The maximum absolute atomic E-state index is 8.34. The molecule has 3 heteroatoms. The van der Waals surface area contributed by atoms with Crippen molar-refractivity contribution in [2.24, 2.45) is 13.0 Å². The first-order chi connectivity index (χ1) is 17.7. The average Bonchev–Trinajstić information content (AvgIpc) is 3.17. The molecule has 0 saturated heterocycles. The van der Waals surface area contributed by atoms with Gasteiger partial charge in [0, 0.05) is 32.4 Å². The van der Waals surface area contributed by atoms with Crippen LogP contribution in [-0.4, -0.2) is 8.07 Å². The molecule has 0 aliphatic rings. The quantitative estimate of drug-likeness (QED) is 0.187. The number of fused-ring (bicyclic) bond motifs is 4. The number of hydrogen-bond donors (Lipinski definition) is 0. The third-order valence-corrected chi connectivity index (χ3v) is 9.50. The molecule has 180 valence electrons. The molecular formula is C32H38NOSi+. The highest BCUT2D eigenvalue weighted by molar-refractivity contribution is 6.89. The van der Waals surface area contributed by atoms with Gasteiger partial charge in [-0.05, 0) is 73.5 Å². The molecule has 2 heterocycles. The first kappa shape index (κ1) is 20.3. The van der Waals surface area contributed by atoms with Crippen molar-refractivity contribution in [1.82, 2.24) is 0 Å². The number of hydrogen-bond acceptors (Lipinski definition) is 1. The monoisotopic (exact) mass is 483 g/mol. The zero-order valence-corrected chi connectivity index (χ0v) is 23.3. The van der Waals surface area contributed by atoms with Crippen LogP contribution in [0.4, 0.5) is 0 Å². The second-order valence-corrected chi connectivity index (χ2v) is 16.6. The number of furan rings is 1. The number of nitrogens with zero attached hydrogens (tertiary/aromatic N) is 1. The normalized spacial score (nSPS) is 14.1. The summed E-state index contributed by atoms with van der Waals surface area (Å²) in [7, 11) is 0.565. The highest BCUT2D eigenvalue weighted by Gasteiger charge is 2.27. The van der Waals surface area contributed by atoms with E-state index in [-0.39, 0.29) is 0 Å². The first-order valence-corrected chi connectivity index (χ1v) is 16.1. The van der Waals surface area contributed by atoms with Crippen molar-refractivity contribution in [3.63, 3.8) is 0 Å². The Hall–Kier alpha value is -2.91. The molecule has 0 amide bonds. The molecule has 0 N–H and O–H groups in total. The van der Waals surface area contributed by atoms with E-state index < -0.39 is 14.9 Å². The van der Waals surface area contributed by atoms with Gasteiger partial charge < -0.3 is 4.42 Å². The zero-order valence-electron chi connectivity index (χ0n) is 25.3. The third kappa shape index (κ3) is 3.90. The molecule has 0 unspecified atom stereocenters. The molecule has 2 nitrogen and oxygen atoms in total. The van der Waals surface area contributed by atoms with Gasteiger partial charge in [-0.3, -0.25) is 0 Å². The minimum Gasteiger partial charge on any atom is -0.455 e. The molecule has 0 atom stereocenters. The van der Waals surface area contributed by atoms with Crippen molar-refractivity contribution in [2.45, 2.75) is 60.6 Å². The highest BCUT2D eigenvalue weighted by Crippen LogP contribution is 2.39. The van der Waals surface area contributed by atoms with Gasteiger partial charge in [0.25, 0.3) is 0 Å². The van der Waals surface area contributed by atoms with Crippen LogP contribution in [0.2, 0.25) is 19.6 Å². The topological polar surface area (TPSA) is 17.0 Å². The summed E-state index contributed by atoms with van der Waals surface area (Å²) >= 11 is 0. The lowest BCUT2D eigenvalue weighted by molar-refractivity contribution is -0.633. The second kappa shape index (κ2) is 8.34. The predicted molar refractivity (Wildman–Crippen MR) is 154 cm³/mol. The van der Waals surface area contributed by atoms with Gasteiger partial charge in [0.05, 0.1) is 13.6 Å². The second-order valence-electron chi connectivity index (χ2n) is 11.5. The highest BCUT2D eigenvalue weighted by atomic mass is 28.3. The summed E-state index contributed by atoms with van der Waals surface area (Å²) in [6, 6.07) is 16.7. The van der Waals surface area contributed by atoms with Gasteiger partial charge >= 0.3 is 0 Å². The summed E-state index contributed by atoms with van der Waals surface area (Å²) in [6.07, 6.45) is 0.944. The van der Waals surface area contributed by atoms with E-state index in [1.807, 2.05) is 37.3 Å². The fourth-order valence-corrected chi connectivity index (χ4v) is 7.45. The fourth-order valence-electron chi connectivity index (χ4n) is 5.61. The Morgan fingerprint density at radius 1 is 0.943 bits per heavy atom. The summed E-state index contributed by atoms with van der Waals surface area (Å²) in [6.45, 7) is 13.6. The molecule has 35 heavy (non-hydrogen) atoms. The van der Waals surface area contributed by atoms with E-state index in [0.29, 0.717) is 11.5 Å². The maximum Gasteiger partial charge on any atom is 0.217 e. The van der Waals surface area contributed by atoms with E-state index in [4.69, 9.17) is 8.53 Å². The number of aromatic nitrogens is 1. The van der Waals surface area contributed by atoms with Gasteiger partial charge in [0.1, 0.15) is 18.2 Å². The van der Waals surface area contributed by atoms with Gasteiger partial charge in [0.15, 0.2) is 0 Å². The van der Waals surface area contributed by atoms with Crippen molar-refractivity contribution in [3.8, 4) is 11.3 Å². The fraction of sp³-hybridized carbons (Fsp3) is 0.344. The van der Waals surface area contributed by atoms with Crippen molar-refractivity contribution in [1.29, 1.82) is 0 Å². The number of aryl methyl sites for hydroxylation is 3. The van der Waals surface area contributed by atoms with Gasteiger partial charge in [-0.1, -0.05) is 56.9 Å². The molecule has 0 saturated carbocycles. The first-order valence-electron chi connectivity index (χ1n) is 14.1. The van der Waals surface area contributed by atoms with Crippen LogP contribution in [0.5, 0.6) is 0 Å². The zero-order chi connectivity index (χ0) is 27.7. The molecule has 3 aromatic carbocycles. The van der Waals surface area contributed by atoms with Crippen LogP contribution < -0.4 is 9.75 Å². The minimum absolute atomic E-state index is 0.377. The largest absolute Gasteiger partial charge is 0.455 e. The summed E-state index contributed by atoms with van der Waals surface area (Å²) in [5, 5.41) is 4.57. The molecule has 0 fully saturated rings.